The predicted molar refractivity (Wildman–Crippen MR) is 112 cm³/mol. The van der Waals surface area contributed by atoms with Gasteiger partial charge in [0.1, 0.15) is 5.75 Å². The van der Waals surface area contributed by atoms with Crippen molar-refractivity contribution >= 4 is 36.5 Å². The van der Waals surface area contributed by atoms with Gasteiger partial charge in [-0.2, -0.15) is 13.2 Å². The molecule has 0 amide bonds. The third kappa shape index (κ3) is 5.83. The highest BCUT2D eigenvalue weighted by atomic mass is 35.5. The molecule has 0 aliphatic rings. The summed E-state index contributed by atoms with van der Waals surface area (Å²) in [5.74, 6) is -1.10. The fourth-order valence-electron chi connectivity index (χ4n) is 2.82. The molecule has 0 bridgehead atoms. The molecule has 2 aromatic rings. The molecule has 11 heteroatoms. The summed E-state index contributed by atoms with van der Waals surface area (Å²) in [5, 5.41) is 3.19. The van der Waals surface area contributed by atoms with E-state index in [-0.39, 0.29) is 40.3 Å². The maximum Gasteiger partial charge on any atom is 0.416 e. The van der Waals surface area contributed by atoms with E-state index in [1.165, 1.54) is 31.4 Å². The van der Waals surface area contributed by atoms with Crippen LogP contribution in [0, 0.1) is 0 Å². The van der Waals surface area contributed by atoms with Crippen molar-refractivity contribution in [3.05, 3.63) is 57.6 Å². The number of nitrogens with one attached hydrogen (secondary N) is 1. The maximum atomic E-state index is 13.6. The van der Waals surface area contributed by atoms with E-state index in [1.807, 2.05) is 0 Å². The normalized spacial score (nSPS) is 13.2. The Bertz CT molecular complexity index is 917. The number of ether oxygens (including phenoxy) is 1. The average Bonchev–Trinajstić information content (AvgIpc) is 2.65. The van der Waals surface area contributed by atoms with E-state index in [0.29, 0.717) is 0 Å². The highest BCUT2D eigenvalue weighted by Crippen LogP contribution is 2.62. The van der Waals surface area contributed by atoms with Gasteiger partial charge in [0.25, 0.3) is 0 Å². The molecule has 0 saturated carbocycles. The zero-order chi connectivity index (χ0) is 22.5. The van der Waals surface area contributed by atoms with Crippen LogP contribution in [0.25, 0.3) is 0 Å². The van der Waals surface area contributed by atoms with Crippen molar-refractivity contribution in [1.29, 1.82) is 0 Å². The van der Waals surface area contributed by atoms with E-state index in [4.69, 9.17) is 37.0 Å². The van der Waals surface area contributed by atoms with Gasteiger partial charge in [-0.15, -0.1) is 0 Å². The highest BCUT2D eigenvalue weighted by molar-refractivity contribution is 7.54. The first kappa shape index (κ1) is 24.8. The third-order valence-electron chi connectivity index (χ3n) is 3.96. The summed E-state index contributed by atoms with van der Waals surface area (Å²) in [6.07, 6.45) is -4.55. The van der Waals surface area contributed by atoms with Crippen LogP contribution in [0.15, 0.2) is 36.4 Å². The van der Waals surface area contributed by atoms with Gasteiger partial charge in [0.2, 0.25) is 0 Å². The van der Waals surface area contributed by atoms with Gasteiger partial charge in [0, 0.05) is 16.3 Å². The molecule has 0 aliphatic carbocycles. The van der Waals surface area contributed by atoms with Gasteiger partial charge in [0.15, 0.2) is 5.78 Å². The maximum absolute atomic E-state index is 13.6. The van der Waals surface area contributed by atoms with Crippen LogP contribution >= 0.6 is 30.8 Å². The molecule has 0 radical (unpaired) electrons. The van der Waals surface area contributed by atoms with Crippen LogP contribution in [0.2, 0.25) is 10.0 Å². The third-order valence-corrected chi connectivity index (χ3v) is 6.74. The number of hydrogen-bond donors (Lipinski definition) is 1. The second kappa shape index (κ2) is 10.2. The number of alkyl halides is 3. The van der Waals surface area contributed by atoms with Crippen molar-refractivity contribution in [2.45, 2.75) is 25.8 Å². The molecule has 0 heterocycles. The lowest BCUT2D eigenvalue weighted by Gasteiger charge is -2.29. The SMILES string of the molecule is CCOP(=O)(OCC)[C@H](Nc1cccc(C(F)(F)F)c1)c1cc(Cl)cc(Cl)c1OC. The van der Waals surface area contributed by atoms with Gasteiger partial charge in [-0.1, -0.05) is 29.3 Å². The van der Waals surface area contributed by atoms with Crippen molar-refractivity contribution < 1.29 is 31.5 Å². The van der Waals surface area contributed by atoms with Crippen molar-refractivity contribution in [3.8, 4) is 5.75 Å². The Morgan fingerprint density at radius 1 is 1.10 bits per heavy atom. The van der Waals surface area contributed by atoms with Gasteiger partial charge in [0.05, 0.1) is 30.9 Å². The quantitative estimate of drug-likeness (QED) is 0.375. The number of methoxy groups -OCH3 is 1. The minimum absolute atomic E-state index is 0.0364. The van der Waals surface area contributed by atoms with E-state index in [2.05, 4.69) is 5.32 Å². The Labute approximate surface area is 182 Å². The number of anilines is 1. The van der Waals surface area contributed by atoms with Gasteiger partial charge in [-0.05, 0) is 44.2 Å². The summed E-state index contributed by atoms with van der Waals surface area (Å²) in [6, 6.07) is 7.34. The summed E-state index contributed by atoms with van der Waals surface area (Å²) in [4.78, 5) is 0. The van der Waals surface area contributed by atoms with Crippen molar-refractivity contribution in [2.75, 3.05) is 25.6 Å². The molecule has 1 N–H and O–H groups in total. The highest BCUT2D eigenvalue weighted by Gasteiger charge is 2.40. The Morgan fingerprint density at radius 2 is 1.73 bits per heavy atom. The molecule has 0 unspecified atom stereocenters. The van der Waals surface area contributed by atoms with E-state index in [9.17, 15) is 17.7 Å². The molecule has 0 fully saturated rings. The summed E-state index contributed by atoms with van der Waals surface area (Å²) < 4.78 is 69.3. The first-order valence-electron chi connectivity index (χ1n) is 8.91. The summed E-state index contributed by atoms with van der Waals surface area (Å²) in [6.45, 7) is 3.31. The molecule has 166 valence electrons. The molecule has 5 nitrogen and oxygen atoms in total. The zero-order valence-corrected chi connectivity index (χ0v) is 18.8. The Hall–Kier alpha value is -1.44. The molecule has 30 heavy (non-hydrogen) atoms. The second-order valence-corrected chi connectivity index (χ2v) is 8.97. The van der Waals surface area contributed by atoms with Gasteiger partial charge in [-0.25, -0.2) is 0 Å². The minimum atomic E-state index is -4.55. The summed E-state index contributed by atoms with van der Waals surface area (Å²) in [7, 11) is -2.59. The molecule has 1 atom stereocenters. The molecule has 0 aliphatic heterocycles. The zero-order valence-electron chi connectivity index (χ0n) is 16.4. The summed E-state index contributed by atoms with van der Waals surface area (Å²) in [5.41, 5.74) is -0.602. The predicted octanol–water partition coefficient (Wildman–Crippen LogP) is 7.40. The second-order valence-electron chi connectivity index (χ2n) is 6.01. The largest absolute Gasteiger partial charge is 0.495 e. The Balaban J connectivity index is 2.66. The topological polar surface area (TPSA) is 56.8 Å². The van der Waals surface area contributed by atoms with E-state index in [1.54, 1.807) is 13.8 Å². The molecule has 0 saturated heterocycles. The van der Waals surface area contributed by atoms with Gasteiger partial charge >= 0.3 is 13.8 Å². The molecular formula is C19H21Cl2F3NO4P. The minimum Gasteiger partial charge on any atom is -0.495 e. The van der Waals surface area contributed by atoms with Gasteiger partial charge < -0.3 is 19.1 Å². The van der Waals surface area contributed by atoms with Crippen LogP contribution < -0.4 is 10.1 Å². The van der Waals surface area contributed by atoms with Crippen LogP contribution in [0.5, 0.6) is 5.75 Å². The van der Waals surface area contributed by atoms with Crippen molar-refractivity contribution in [3.63, 3.8) is 0 Å². The number of hydrogen-bond acceptors (Lipinski definition) is 5. The lowest BCUT2D eigenvalue weighted by atomic mass is 10.1. The number of halogens is 5. The standard InChI is InChI=1S/C19H21Cl2F3NO4P/c1-4-28-30(26,29-5-2)18(15-10-13(20)11-16(21)17(15)27-3)25-14-8-6-7-12(9-14)19(22,23)24/h6-11,18,25H,4-5H2,1-3H3/t18-/m0/s1. The fraction of sp³-hybridized carbons (Fsp3) is 0.368. The Morgan fingerprint density at radius 3 is 2.27 bits per heavy atom. The van der Waals surface area contributed by atoms with Crippen LogP contribution in [0.4, 0.5) is 18.9 Å². The first-order valence-corrected chi connectivity index (χ1v) is 11.3. The number of benzene rings is 2. The van der Waals surface area contributed by atoms with E-state index >= 15 is 0 Å². The first-order chi connectivity index (χ1) is 14.1. The summed E-state index contributed by atoms with van der Waals surface area (Å²) >= 11 is 12.3. The molecule has 2 rings (SSSR count). The lowest BCUT2D eigenvalue weighted by molar-refractivity contribution is -0.137. The lowest BCUT2D eigenvalue weighted by Crippen LogP contribution is -2.17. The van der Waals surface area contributed by atoms with Gasteiger partial charge in [-0.3, -0.25) is 4.57 Å². The smallest absolute Gasteiger partial charge is 0.416 e. The Kier molecular flexibility index (Phi) is 8.48. The number of rotatable bonds is 9. The molecule has 2 aromatic carbocycles. The average molecular weight is 486 g/mol. The van der Waals surface area contributed by atoms with E-state index in [0.717, 1.165) is 12.1 Å². The fourth-order valence-corrected chi connectivity index (χ4v) is 5.33. The van der Waals surface area contributed by atoms with E-state index < -0.39 is 25.1 Å². The van der Waals surface area contributed by atoms with Crippen molar-refractivity contribution in [2.24, 2.45) is 0 Å². The van der Waals surface area contributed by atoms with Crippen molar-refractivity contribution in [1.82, 2.24) is 0 Å². The van der Waals surface area contributed by atoms with Crippen LogP contribution in [0.3, 0.4) is 0 Å². The molecular weight excluding hydrogens is 465 g/mol. The molecule has 0 spiro atoms. The monoisotopic (exact) mass is 485 g/mol. The van der Waals surface area contributed by atoms with Crippen LogP contribution in [-0.2, 0) is 19.8 Å². The molecule has 0 aromatic heterocycles. The van der Waals surface area contributed by atoms with Crippen LogP contribution in [0.1, 0.15) is 30.8 Å². The van der Waals surface area contributed by atoms with Crippen LogP contribution in [-0.4, -0.2) is 20.3 Å².